The molecule has 0 radical (unpaired) electrons. The van der Waals surface area contributed by atoms with Gasteiger partial charge in [0.1, 0.15) is 96.3 Å². The summed E-state index contributed by atoms with van der Waals surface area (Å²) >= 11 is 52.6. The molecule has 1 N–H and O–H groups in total. The number of rotatable bonds is 31. The van der Waals surface area contributed by atoms with Crippen LogP contribution in [0, 0.1) is 34.6 Å². The van der Waals surface area contributed by atoms with E-state index < -0.39 is 0 Å². The Morgan fingerprint density at radius 2 is 0.590 bits per heavy atom. The van der Waals surface area contributed by atoms with E-state index in [1.165, 1.54) is 5.56 Å². The van der Waals surface area contributed by atoms with Gasteiger partial charge in [0.05, 0.1) is 41.1 Å². The van der Waals surface area contributed by atoms with Crippen LogP contribution in [0.2, 0.25) is 25.1 Å². The minimum atomic E-state index is -0.342. The maximum absolute atomic E-state index is 11.8. The number of benzene rings is 10. The predicted molar refractivity (Wildman–Crippen MR) is 504 cm³/mol. The van der Waals surface area contributed by atoms with Gasteiger partial charge in [0.15, 0.2) is 0 Å². The van der Waals surface area contributed by atoms with E-state index in [1.807, 2.05) is 114 Å². The molecule has 0 saturated heterocycles. The molecule has 0 bridgehead atoms. The highest BCUT2D eigenvalue weighted by atomic mass is 79.9. The highest BCUT2D eigenvalue weighted by Gasteiger charge is 2.29. The van der Waals surface area contributed by atoms with Crippen LogP contribution in [0.1, 0.15) is 177 Å². The van der Waals surface area contributed by atoms with Crippen molar-refractivity contribution in [2.75, 3.05) is 6.61 Å². The number of carbonyl (C=O) groups excluding carboxylic acids is 5. The molecule has 28 heteroatoms. The molecule has 0 aromatic heterocycles. The molecule has 1 aliphatic carbocycles. The second-order valence-electron chi connectivity index (χ2n) is 27.4. The van der Waals surface area contributed by atoms with Crippen molar-refractivity contribution in [1.29, 1.82) is 0 Å². The van der Waals surface area contributed by atoms with Crippen molar-refractivity contribution < 1.29 is 81.2 Å². The van der Waals surface area contributed by atoms with Crippen molar-refractivity contribution in [2.45, 2.75) is 186 Å². The number of thiol groups is 1. The van der Waals surface area contributed by atoms with Crippen molar-refractivity contribution >= 4 is 180 Å². The SMILES string of the molecule is CCC(=O)Oc1cccc(C2CC2)c1COc1cc(Cl)c(C)cc1Br.CCC(=O)Oc1cccc(CC)c1COc1cc(Cl)c(C)cc1Br.CCC(=O)Oc1cccc(CO)c1COc1cc(Cl)c(C)cc1Br.CCC(=O)Oc1cccc(CS)c1COc1cc(Cl)c(C)cc1Br.CCOc1cccc(OC(=O)CC)c1COc1cc(Cl)c(C)cc1Br. The average Bonchev–Trinajstić information content (AvgIpc) is 1.65. The first kappa shape index (κ1) is 102. The topological polar surface area (TPSA) is 207 Å². The molecule has 0 atom stereocenters. The fraction of sp³-hybridized carbons (Fsp3) is 0.309. The van der Waals surface area contributed by atoms with Gasteiger partial charge in [-0.2, -0.15) is 12.6 Å². The molecule has 0 heterocycles. The van der Waals surface area contributed by atoms with Crippen LogP contribution in [0.3, 0.4) is 0 Å². The Labute approximate surface area is 786 Å². The van der Waals surface area contributed by atoms with E-state index in [0.29, 0.717) is 156 Å². The third kappa shape index (κ3) is 30.7. The molecule has 1 saturated carbocycles. The quantitative estimate of drug-likeness (QED) is 0.0235. The molecule has 650 valence electrons. The number of esters is 5. The molecule has 1 aliphatic rings. The van der Waals surface area contributed by atoms with Crippen LogP contribution in [-0.4, -0.2) is 41.6 Å². The molecule has 0 unspecified atom stereocenters. The summed E-state index contributed by atoms with van der Waals surface area (Å²) in [6.45, 7) is 23.9. The van der Waals surface area contributed by atoms with Crippen molar-refractivity contribution in [2.24, 2.45) is 0 Å². The highest BCUT2D eigenvalue weighted by molar-refractivity contribution is 9.11. The summed E-state index contributed by atoms with van der Waals surface area (Å²) < 4.78 is 66.4. The number of aliphatic hydroxyl groups excluding tert-OH is 1. The number of aryl methyl sites for hydroxylation is 6. The number of hydrogen-bond donors (Lipinski definition) is 2. The normalized spacial score (nSPS) is 11.1. The molecule has 11 rings (SSSR count). The molecule has 10 aromatic carbocycles. The van der Waals surface area contributed by atoms with E-state index in [4.69, 9.17) is 110 Å². The molecule has 1 fully saturated rings. The van der Waals surface area contributed by atoms with Crippen LogP contribution in [0.5, 0.6) is 63.2 Å². The van der Waals surface area contributed by atoms with Gasteiger partial charge >= 0.3 is 29.8 Å². The molecule has 122 heavy (non-hydrogen) atoms. The van der Waals surface area contributed by atoms with Crippen molar-refractivity contribution in [3.8, 4) is 63.2 Å². The zero-order valence-electron chi connectivity index (χ0n) is 69.5. The Balaban J connectivity index is 0.000000210. The first-order valence-corrected chi connectivity index (χ1v) is 45.7. The fourth-order valence-electron chi connectivity index (χ4n) is 11.3. The molecule has 0 spiro atoms. The van der Waals surface area contributed by atoms with Gasteiger partial charge in [-0.05, 0) is 263 Å². The maximum atomic E-state index is 11.8. The van der Waals surface area contributed by atoms with Gasteiger partial charge in [-0.15, -0.1) is 0 Å². The Morgan fingerprint density at radius 3 is 0.885 bits per heavy atom. The number of hydrogen-bond acceptors (Lipinski definition) is 18. The molecular weight excluding hydrogens is 2010 g/mol. The van der Waals surface area contributed by atoms with Crippen LogP contribution in [0.4, 0.5) is 0 Å². The minimum absolute atomic E-state index is 0.140. The molecule has 17 nitrogen and oxygen atoms in total. The summed E-state index contributed by atoms with van der Waals surface area (Å²) in [5, 5.41) is 12.7. The Morgan fingerprint density at radius 1 is 0.336 bits per heavy atom. The lowest BCUT2D eigenvalue weighted by atomic mass is 10.0. The minimum Gasteiger partial charge on any atom is -0.493 e. The zero-order valence-corrected chi connectivity index (χ0v) is 82.1. The lowest BCUT2D eigenvalue weighted by Gasteiger charge is -2.16. The van der Waals surface area contributed by atoms with E-state index >= 15 is 0 Å². The summed E-state index contributed by atoms with van der Waals surface area (Å²) in [5.41, 5.74) is 12.6. The van der Waals surface area contributed by atoms with Crippen molar-refractivity contribution in [3.63, 3.8) is 0 Å². The summed E-state index contributed by atoms with van der Waals surface area (Å²) in [5.74, 6) is 5.85. The van der Waals surface area contributed by atoms with E-state index in [1.54, 1.807) is 107 Å². The fourth-order valence-corrected chi connectivity index (χ4v) is 15.3. The monoisotopic (exact) mass is 2100 g/mol. The summed E-state index contributed by atoms with van der Waals surface area (Å²) in [6.07, 6.45) is 4.69. The number of ether oxygens (including phenoxy) is 11. The summed E-state index contributed by atoms with van der Waals surface area (Å²) in [6, 6.07) is 45.9. The largest absolute Gasteiger partial charge is 0.493 e. The van der Waals surface area contributed by atoms with E-state index in [2.05, 4.69) is 105 Å². The van der Waals surface area contributed by atoms with Gasteiger partial charge in [-0.1, -0.05) is 154 Å². The van der Waals surface area contributed by atoms with Gasteiger partial charge in [0, 0.05) is 116 Å². The molecule has 10 aromatic rings. The molecular formula is C94H96Br5Cl5O17S. The zero-order chi connectivity index (χ0) is 89.4. The van der Waals surface area contributed by atoms with Crippen LogP contribution < -0.4 is 52.1 Å². The van der Waals surface area contributed by atoms with Gasteiger partial charge in [0.2, 0.25) is 0 Å². The number of halogens is 10. The standard InChI is InChI=1S/C20H20BrClO3.C19H20BrClO4.C19H20BrClO3.C18H18BrClO4.C18H18BrClO3S/c1-3-20(23)25-18-6-4-5-14(13-7-8-13)15(18)11-24-19-10-17(22)12(2)9-16(19)21;1-4-19(22)25-17-8-6-7-16(23-5-2)13(17)11-24-18-10-15(21)12(3)9-14(18)20;1-4-13-7-6-8-17(24-19(22)5-2)14(13)11-23-18-10-16(21)12(3)9-15(18)20;1-3-18(22)24-16-6-4-5-12(9-21)13(16)10-23-17-8-15(20)11(2)7-14(17)19;1-3-18(21)23-16-6-4-5-12(10-24)13(16)9-22-17-8-15(20)11(2)7-14(17)19/h4-6,9-10,13H,3,7-8,11H2,1-2H3;6-10H,4-5,11H2,1-3H3;6-10H,4-5,11H2,1-3H3;4-8,21H,3,9-10H2,1-2H3;4-8,24H,3,9-10H2,1-2H3. The molecule has 0 aliphatic heterocycles. The van der Waals surface area contributed by atoms with E-state index in [0.717, 1.165) is 97.3 Å². The van der Waals surface area contributed by atoms with Gasteiger partial charge in [0.25, 0.3) is 0 Å². The van der Waals surface area contributed by atoms with Crippen LogP contribution in [0.25, 0.3) is 0 Å². The smallest absolute Gasteiger partial charge is 0.310 e. The number of carbonyl (C=O) groups is 5. The van der Waals surface area contributed by atoms with Gasteiger partial charge < -0.3 is 57.2 Å². The maximum Gasteiger partial charge on any atom is 0.310 e. The van der Waals surface area contributed by atoms with E-state index in [9.17, 15) is 29.1 Å². The Kier molecular flexibility index (Phi) is 42.6. The second kappa shape index (κ2) is 51.2. The van der Waals surface area contributed by atoms with E-state index in [-0.39, 0.29) is 69.1 Å². The highest BCUT2D eigenvalue weighted by Crippen LogP contribution is 2.46. The lowest BCUT2D eigenvalue weighted by Crippen LogP contribution is -2.10. The predicted octanol–water partition coefficient (Wildman–Crippen LogP) is 28.3. The summed E-state index contributed by atoms with van der Waals surface area (Å²) in [7, 11) is 0. The Bertz CT molecular complexity index is 5000. The first-order valence-electron chi connectivity index (χ1n) is 39.2. The Hall–Kier alpha value is -7.49. The van der Waals surface area contributed by atoms with Gasteiger partial charge in [-0.25, -0.2) is 0 Å². The van der Waals surface area contributed by atoms with Crippen LogP contribution in [-0.2, 0) is 75.8 Å². The molecule has 0 amide bonds. The third-order valence-corrected chi connectivity index (χ3v) is 24.0. The van der Waals surface area contributed by atoms with Crippen molar-refractivity contribution in [3.05, 3.63) is 277 Å². The summed E-state index contributed by atoms with van der Waals surface area (Å²) in [4.78, 5) is 58.3. The van der Waals surface area contributed by atoms with Gasteiger partial charge in [-0.3, -0.25) is 24.0 Å². The number of aliphatic hydroxyl groups is 1. The van der Waals surface area contributed by atoms with Crippen LogP contribution in [0.15, 0.2) is 174 Å². The average molecular weight is 2110 g/mol. The van der Waals surface area contributed by atoms with Crippen LogP contribution >= 0.6 is 150 Å². The second-order valence-corrected chi connectivity index (χ2v) is 34.0. The lowest BCUT2D eigenvalue weighted by molar-refractivity contribution is -0.135. The van der Waals surface area contributed by atoms with Crippen molar-refractivity contribution in [1.82, 2.24) is 0 Å². The third-order valence-electron chi connectivity index (χ3n) is 18.5. The first-order chi connectivity index (χ1) is 58.3.